The largest absolute Gasteiger partial charge is 0.0625 e. The van der Waals surface area contributed by atoms with Crippen LogP contribution < -0.4 is 0 Å². The van der Waals surface area contributed by atoms with Gasteiger partial charge >= 0.3 is 0 Å². The first kappa shape index (κ1) is 12.0. The summed E-state index contributed by atoms with van der Waals surface area (Å²) in [5.74, 6) is 1.75. The lowest BCUT2D eigenvalue weighted by molar-refractivity contribution is 0.316. The Hall–Kier alpha value is 0. The van der Waals surface area contributed by atoms with Gasteiger partial charge in [0.15, 0.2) is 0 Å². The predicted octanol–water partition coefficient (Wildman–Crippen LogP) is 4.49. The Bertz CT molecular complexity index is 106. The fourth-order valence-corrected chi connectivity index (χ4v) is 1.29. The van der Waals surface area contributed by atoms with Crippen molar-refractivity contribution in [1.82, 2.24) is 0 Å². The first-order valence-electron chi connectivity index (χ1n) is 5.33. The standard InChI is InChI=1S/C12H26/c1-10(2)11(3)8-7-9-12(4,5)6/h10-11H,7-9H2,1-6H3/t11-/m1/s1. The summed E-state index contributed by atoms with van der Waals surface area (Å²) in [6.07, 6.45) is 4.15. The molecule has 74 valence electrons. The fourth-order valence-electron chi connectivity index (χ4n) is 1.29. The molecule has 0 saturated carbocycles. The van der Waals surface area contributed by atoms with Gasteiger partial charge in [0.2, 0.25) is 0 Å². The van der Waals surface area contributed by atoms with E-state index in [-0.39, 0.29) is 0 Å². The maximum atomic E-state index is 2.37. The van der Waals surface area contributed by atoms with Crippen LogP contribution in [0.5, 0.6) is 0 Å². The monoisotopic (exact) mass is 170 g/mol. The second-order valence-electron chi connectivity index (χ2n) is 5.67. The second kappa shape index (κ2) is 4.89. The van der Waals surface area contributed by atoms with E-state index in [1.807, 2.05) is 0 Å². The zero-order valence-electron chi connectivity index (χ0n) is 9.78. The normalized spacial score (nSPS) is 15.2. The van der Waals surface area contributed by atoms with Crippen molar-refractivity contribution in [3.8, 4) is 0 Å². The van der Waals surface area contributed by atoms with Gasteiger partial charge in [0, 0.05) is 0 Å². The third kappa shape index (κ3) is 6.69. The molecule has 1 atom stereocenters. The summed E-state index contributed by atoms with van der Waals surface area (Å²) >= 11 is 0. The van der Waals surface area contributed by atoms with Crippen molar-refractivity contribution in [3.63, 3.8) is 0 Å². The molecule has 0 aliphatic carbocycles. The van der Waals surface area contributed by atoms with Crippen LogP contribution in [0.3, 0.4) is 0 Å². The summed E-state index contributed by atoms with van der Waals surface area (Å²) in [5.41, 5.74) is 0.525. The molecule has 0 unspecified atom stereocenters. The molecule has 0 amide bonds. The van der Waals surface area contributed by atoms with E-state index in [2.05, 4.69) is 41.5 Å². The quantitative estimate of drug-likeness (QED) is 0.583. The van der Waals surface area contributed by atoms with Gasteiger partial charge in [0.25, 0.3) is 0 Å². The van der Waals surface area contributed by atoms with Gasteiger partial charge in [-0.2, -0.15) is 0 Å². The summed E-state index contributed by atoms with van der Waals surface area (Å²) < 4.78 is 0. The van der Waals surface area contributed by atoms with Crippen LogP contribution in [0.2, 0.25) is 0 Å². The Morgan fingerprint density at radius 1 is 1.00 bits per heavy atom. The van der Waals surface area contributed by atoms with Crippen molar-refractivity contribution in [3.05, 3.63) is 0 Å². The first-order valence-corrected chi connectivity index (χ1v) is 5.33. The highest BCUT2D eigenvalue weighted by Gasteiger charge is 2.12. The minimum Gasteiger partial charge on any atom is -0.0625 e. The van der Waals surface area contributed by atoms with Crippen LogP contribution in [0.1, 0.15) is 60.8 Å². The third-order valence-corrected chi connectivity index (χ3v) is 2.72. The summed E-state index contributed by atoms with van der Waals surface area (Å²) in [7, 11) is 0. The van der Waals surface area contributed by atoms with Crippen molar-refractivity contribution >= 4 is 0 Å². The van der Waals surface area contributed by atoms with E-state index in [9.17, 15) is 0 Å². The smallest absolute Gasteiger partial charge is 0.0383 e. The zero-order valence-corrected chi connectivity index (χ0v) is 9.78. The molecule has 0 heteroatoms. The van der Waals surface area contributed by atoms with Crippen LogP contribution in [-0.4, -0.2) is 0 Å². The fraction of sp³-hybridized carbons (Fsp3) is 1.00. The molecule has 0 radical (unpaired) electrons. The number of hydrogen-bond acceptors (Lipinski definition) is 0. The molecule has 0 rings (SSSR count). The summed E-state index contributed by atoms with van der Waals surface area (Å²) in [6.45, 7) is 14.0. The van der Waals surface area contributed by atoms with Crippen LogP contribution in [-0.2, 0) is 0 Å². The van der Waals surface area contributed by atoms with Crippen LogP contribution in [0.4, 0.5) is 0 Å². The van der Waals surface area contributed by atoms with Gasteiger partial charge in [-0.1, -0.05) is 54.4 Å². The predicted molar refractivity (Wildman–Crippen MR) is 57.3 cm³/mol. The van der Waals surface area contributed by atoms with Crippen LogP contribution >= 0.6 is 0 Å². The van der Waals surface area contributed by atoms with E-state index in [0.29, 0.717) is 5.41 Å². The van der Waals surface area contributed by atoms with Gasteiger partial charge in [-0.15, -0.1) is 0 Å². The van der Waals surface area contributed by atoms with E-state index in [1.165, 1.54) is 19.3 Å². The Morgan fingerprint density at radius 3 is 1.83 bits per heavy atom. The van der Waals surface area contributed by atoms with Gasteiger partial charge in [-0.3, -0.25) is 0 Å². The van der Waals surface area contributed by atoms with Crippen molar-refractivity contribution in [2.24, 2.45) is 17.3 Å². The van der Waals surface area contributed by atoms with Crippen LogP contribution in [0.25, 0.3) is 0 Å². The highest BCUT2D eigenvalue weighted by Crippen LogP contribution is 2.25. The van der Waals surface area contributed by atoms with E-state index in [4.69, 9.17) is 0 Å². The Balaban J connectivity index is 3.44. The molecule has 0 aliphatic rings. The summed E-state index contributed by atoms with van der Waals surface area (Å²) in [4.78, 5) is 0. The average molecular weight is 170 g/mol. The average Bonchev–Trinajstić information content (AvgIpc) is 1.84. The molecular weight excluding hydrogens is 144 g/mol. The zero-order chi connectivity index (χ0) is 9.78. The van der Waals surface area contributed by atoms with E-state index in [1.54, 1.807) is 0 Å². The van der Waals surface area contributed by atoms with Crippen molar-refractivity contribution in [2.75, 3.05) is 0 Å². The lowest BCUT2D eigenvalue weighted by atomic mass is 9.86. The van der Waals surface area contributed by atoms with Crippen LogP contribution in [0, 0.1) is 17.3 Å². The minimum absolute atomic E-state index is 0.525. The molecule has 0 heterocycles. The molecular formula is C12H26. The summed E-state index contributed by atoms with van der Waals surface area (Å²) in [5, 5.41) is 0. The second-order valence-corrected chi connectivity index (χ2v) is 5.67. The highest BCUT2D eigenvalue weighted by molar-refractivity contribution is 4.64. The maximum absolute atomic E-state index is 2.37. The first-order chi connectivity index (χ1) is 5.33. The molecule has 0 fully saturated rings. The molecule has 0 aromatic heterocycles. The lowest BCUT2D eigenvalue weighted by Gasteiger charge is -2.20. The number of hydrogen-bond donors (Lipinski definition) is 0. The van der Waals surface area contributed by atoms with Gasteiger partial charge < -0.3 is 0 Å². The Kier molecular flexibility index (Phi) is 4.89. The van der Waals surface area contributed by atoms with Crippen molar-refractivity contribution in [1.29, 1.82) is 0 Å². The van der Waals surface area contributed by atoms with Gasteiger partial charge in [-0.25, -0.2) is 0 Å². The summed E-state index contributed by atoms with van der Waals surface area (Å²) in [6, 6.07) is 0. The van der Waals surface area contributed by atoms with E-state index in [0.717, 1.165) is 11.8 Å². The van der Waals surface area contributed by atoms with E-state index < -0.39 is 0 Å². The minimum atomic E-state index is 0.525. The van der Waals surface area contributed by atoms with Crippen molar-refractivity contribution < 1.29 is 0 Å². The lowest BCUT2D eigenvalue weighted by Crippen LogP contribution is -2.08. The highest BCUT2D eigenvalue weighted by atomic mass is 14.2. The van der Waals surface area contributed by atoms with Crippen molar-refractivity contribution in [2.45, 2.75) is 60.8 Å². The van der Waals surface area contributed by atoms with Gasteiger partial charge in [0.05, 0.1) is 0 Å². The topological polar surface area (TPSA) is 0 Å². The molecule has 0 bridgehead atoms. The molecule has 0 aromatic carbocycles. The SMILES string of the molecule is CC(C)[C@H](C)CCCC(C)(C)C. The Labute approximate surface area is 78.8 Å². The number of rotatable bonds is 4. The van der Waals surface area contributed by atoms with E-state index >= 15 is 0 Å². The molecule has 0 aliphatic heterocycles. The molecule has 0 spiro atoms. The molecule has 0 N–H and O–H groups in total. The third-order valence-electron chi connectivity index (χ3n) is 2.72. The van der Waals surface area contributed by atoms with Crippen LogP contribution in [0.15, 0.2) is 0 Å². The molecule has 0 nitrogen and oxygen atoms in total. The van der Waals surface area contributed by atoms with Gasteiger partial charge in [-0.05, 0) is 23.7 Å². The molecule has 0 aromatic rings. The Morgan fingerprint density at radius 2 is 1.50 bits per heavy atom. The maximum Gasteiger partial charge on any atom is -0.0383 e. The van der Waals surface area contributed by atoms with Gasteiger partial charge in [0.1, 0.15) is 0 Å². The molecule has 0 saturated heterocycles. The molecule has 12 heavy (non-hydrogen) atoms.